The standard InChI is InChI=1S/C6H8O4S2/c1-9-5(7)3(11)4(12)6(8)10-2/h11-12H,1-2H3. The van der Waals surface area contributed by atoms with Crippen molar-refractivity contribution in [1.82, 2.24) is 0 Å². The average Bonchev–Trinajstić information content (AvgIpc) is 2.12. The molecule has 0 heterocycles. The molecule has 0 aromatic heterocycles. The molecule has 0 aliphatic carbocycles. The zero-order chi connectivity index (χ0) is 9.72. The summed E-state index contributed by atoms with van der Waals surface area (Å²) >= 11 is 7.44. The molecule has 6 heteroatoms. The zero-order valence-electron chi connectivity index (χ0n) is 6.53. The van der Waals surface area contributed by atoms with Gasteiger partial charge in [0.2, 0.25) is 0 Å². The highest BCUT2D eigenvalue weighted by atomic mass is 32.1. The second-order valence-corrected chi connectivity index (χ2v) is 2.57. The van der Waals surface area contributed by atoms with E-state index >= 15 is 0 Å². The van der Waals surface area contributed by atoms with Crippen LogP contribution in [-0.4, -0.2) is 26.2 Å². The van der Waals surface area contributed by atoms with Gasteiger partial charge in [-0.2, -0.15) is 0 Å². The first-order chi connectivity index (χ1) is 5.54. The summed E-state index contributed by atoms with van der Waals surface area (Å²) in [4.78, 5) is 21.2. The first kappa shape index (κ1) is 11.4. The van der Waals surface area contributed by atoms with Crippen LogP contribution in [-0.2, 0) is 19.1 Å². The van der Waals surface area contributed by atoms with Gasteiger partial charge in [-0.15, -0.1) is 25.3 Å². The zero-order valence-corrected chi connectivity index (χ0v) is 8.32. The van der Waals surface area contributed by atoms with Crippen LogP contribution in [0.1, 0.15) is 0 Å². The molecule has 0 N–H and O–H groups in total. The largest absolute Gasteiger partial charge is 0.465 e. The van der Waals surface area contributed by atoms with Crippen molar-refractivity contribution in [2.45, 2.75) is 0 Å². The third kappa shape index (κ3) is 2.78. The molecular formula is C6H8O4S2. The van der Waals surface area contributed by atoms with Gasteiger partial charge in [-0.05, 0) is 0 Å². The van der Waals surface area contributed by atoms with Crippen LogP contribution < -0.4 is 0 Å². The van der Waals surface area contributed by atoms with Crippen LogP contribution in [0.15, 0.2) is 9.81 Å². The number of methoxy groups -OCH3 is 2. The Bertz CT molecular complexity index is 210. The maximum atomic E-state index is 10.8. The highest BCUT2D eigenvalue weighted by Gasteiger charge is 2.15. The van der Waals surface area contributed by atoms with E-state index in [0.29, 0.717) is 0 Å². The minimum absolute atomic E-state index is 0.173. The molecule has 0 atom stereocenters. The minimum atomic E-state index is -0.728. The monoisotopic (exact) mass is 208 g/mol. The molecule has 12 heavy (non-hydrogen) atoms. The van der Waals surface area contributed by atoms with Gasteiger partial charge < -0.3 is 9.47 Å². The fourth-order valence-corrected chi connectivity index (χ4v) is 0.752. The van der Waals surface area contributed by atoms with E-state index in [1.165, 1.54) is 14.2 Å². The number of carbonyl (C=O) groups excluding carboxylic acids is 2. The first-order valence-electron chi connectivity index (χ1n) is 2.83. The Morgan fingerprint density at radius 1 is 0.917 bits per heavy atom. The van der Waals surface area contributed by atoms with Crippen molar-refractivity contribution >= 4 is 37.2 Å². The molecule has 0 aromatic carbocycles. The second-order valence-electron chi connectivity index (χ2n) is 1.68. The molecule has 0 unspecified atom stereocenters. The lowest BCUT2D eigenvalue weighted by molar-refractivity contribution is -0.138. The number of thiol groups is 2. The van der Waals surface area contributed by atoms with Gasteiger partial charge in [0.05, 0.1) is 14.2 Å². The van der Waals surface area contributed by atoms with Crippen LogP contribution in [0.5, 0.6) is 0 Å². The molecule has 0 rings (SSSR count). The highest BCUT2D eigenvalue weighted by Crippen LogP contribution is 2.15. The number of hydrogen-bond donors (Lipinski definition) is 2. The predicted octanol–water partition coefficient (Wildman–Crippen LogP) is 0.404. The predicted molar refractivity (Wildman–Crippen MR) is 49.0 cm³/mol. The molecule has 0 aromatic rings. The fraction of sp³-hybridized carbons (Fsp3) is 0.333. The molecule has 0 amide bonds. The van der Waals surface area contributed by atoms with E-state index in [4.69, 9.17) is 0 Å². The van der Waals surface area contributed by atoms with Crippen LogP contribution in [0, 0.1) is 0 Å². The first-order valence-corrected chi connectivity index (χ1v) is 3.72. The van der Waals surface area contributed by atoms with Crippen LogP contribution >= 0.6 is 25.3 Å². The number of esters is 2. The van der Waals surface area contributed by atoms with E-state index in [0.717, 1.165) is 0 Å². The van der Waals surface area contributed by atoms with Crippen LogP contribution in [0.2, 0.25) is 0 Å². The second kappa shape index (κ2) is 5.10. The van der Waals surface area contributed by atoms with Crippen molar-refractivity contribution in [3.63, 3.8) is 0 Å². The topological polar surface area (TPSA) is 52.6 Å². The highest BCUT2D eigenvalue weighted by molar-refractivity contribution is 7.90. The summed E-state index contributed by atoms with van der Waals surface area (Å²) < 4.78 is 8.60. The van der Waals surface area contributed by atoms with Gasteiger partial charge in [-0.3, -0.25) is 0 Å². The summed E-state index contributed by atoms with van der Waals surface area (Å²) in [6, 6.07) is 0. The fourth-order valence-electron chi connectivity index (χ4n) is 0.387. The SMILES string of the molecule is COC(=O)C(S)=C(S)C(=O)OC. The number of carbonyl (C=O) groups is 2. The molecular weight excluding hydrogens is 200 g/mol. The summed E-state index contributed by atoms with van der Waals surface area (Å²) in [7, 11) is 2.35. The molecule has 0 aliphatic rings. The lowest BCUT2D eigenvalue weighted by Crippen LogP contribution is -2.08. The number of rotatable bonds is 2. The summed E-state index contributed by atoms with van der Waals surface area (Å²) in [5.74, 6) is -1.46. The number of hydrogen-bond acceptors (Lipinski definition) is 6. The molecule has 0 aliphatic heterocycles. The molecule has 68 valence electrons. The molecule has 0 spiro atoms. The Morgan fingerprint density at radius 3 is 1.33 bits per heavy atom. The third-order valence-electron chi connectivity index (χ3n) is 0.982. The van der Waals surface area contributed by atoms with Gasteiger partial charge in [0, 0.05) is 0 Å². The van der Waals surface area contributed by atoms with Crippen molar-refractivity contribution in [1.29, 1.82) is 0 Å². The average molecular weight is 208 g/mol. The van der Waals surface area contributed by atoms with Gasteiger partial charge in [0.15, 0.2) is 0 Å². The van der Waals surface area contributed by atoms with Crippen LogP contribution in [0.4, 0.5) is 0 Å². The van der Waals surface area contributed by atoms with E-state index < -0.39 is 11.9 Å². The van der Waals surface area contributed by atoms with E-state index in [-0.39, 0.29) is 9.81 Å². The van der Waals surface area contributed by atoms with Crippen LogP contribution in [0.25, 0.3) is 0 Å². The molecule has 0 radical (unpaired) electrons. The van der Waals surface area contributed by atoms with E-state index in [1.807, 2.05) is 0 Å². The summed E-state index contributed by atoms with van der Waals surface area (Å²) in [5.41, 5.74) is 0. The molecule has 4 nitrogen and oxygen atoms in total. The Hall–Kier alpha value is -0.620. The maximum Gasteiger partial charge on any atom is 0.345 e. The van der Waals surface area contributed by atoms with Gasteiger partial charge >= 0.3 is 11.9 Å². The van der Waals surface area contributed by atoms with Crippen molar-refractivity contribution < 1.29 is 19.1 Å². The van der Waals surface area contributed by atoms with Crippen molar-refractivity contribution in [3.05, 3.63) is 9.81 Å². The smallest absolute Gasteiger partial charge is 0.345 e. The van der Waals surface area contributed by atoms with E-state index in [1.54, 1.807) is 0 Å². The quantitative estimate of drug-likeness (QED) is 0.392. The summed E-state index contributed by atoms with van der Waals surface area (Å²) in [6.07, 6.45) is 0. The van der Waals surface area contributed by atoms with Crippen molar-refractivity contribution in [2.24, 2.45) is 0 Å². The Balaban J connectivity index is 4.68. The molecule has 0 bridgehead atoms. The Kier molecular flexibility index (Phi) is 4.84. The Morgan fingerprint density at radius 2 is 1.17 bits per heavy atom. The van der Waals surface area contributed by atoms with Gasteiger partial charge in [0.1, 0.15) is 9.81 Å². The summed E-state index contributed by atoms with van der Waals surface area (Å²) in [6.45, 7) is 0. The Labute approximate surface area is 80.7 Å². The van der Waals surface area contributed by atoms with E-state index in [2.05, 4.69) is 34.7 Å². The third-order valence-corrected chi connectivity index (χ3v) is 1.97. The lowest BCUT2D eigenvalue weighted by Gasteiger charge is -2.01. The van der Waals surface area contributed by atoms with Gasteiger partial charge in [-0.25, -0.2) is 9.59 Å². The summed E-state index contributed by atoms with van der Waals surface area (Å²) in [5, 5.41) is 0. The maximum absolute atomic E-state index is 10.8. The number of ether oxygens (including phenoxy) is 2. The van der Waals surface area contributed by atoms with Crippen LogP contribution in [0.3, 0.4) is 0 Å². The molecule has 0 fully saturated rings. The normalized spacial score (nSPS) is 11.7. The minimum Gasteiger partial charge on any atom is -0.465 e. The van der Waals surface area contributed by atoms with Crippen molar-refractivity contribution in [2.75, 3.05) is 14.2 Å². The van der Waals surface area contributed by atoms with E-state index in [9.17, 15) is 9.59 Å². The lowest BCUT2D eigenvalue weighted by atomic mass is 10.5. The van der Waals surface area contributed by atoms with Gasteiger partial charge in [-0.1, -0.05) is 0 Å². The molecule has 0 saturated carbocycles. The van der Waals surface area contributed by atoms with Gasteiger partial charge in [0.25, 0.3) is 0 Å². The van der Waals surface area contributed by atoms with Crippen molar-refractivity contribution in [3.8, 4) is 0 Å². The molecule has 0 saturated heterocycles.